The molecule has 0 aliphatic carbocycles. The Morgan fingerprint density at radius 3 is 2.59 bits per heavy atom. The van der Waals surface area contributed by atoms with Crippen LogP contribution in [0.2, 0.25) is 0 Å². The lowest BCUT2D eigenvalue weighted by Crippen LogP contribution is -2.45. The van der Waals surface area contributed by atoms with E-state index in [4.69, 9.17) is 9.47 Å². The number of carbonyl (C=O) groups is 1. The lowest BCUT2D eigenvalue weighted by Gasteiger charge is -2.22. The Kier molecular flexibility index (Phi) is 10.1. The molecule has 0 aromatic rings. The van der Waals surface area contributed by atoms with E-state index in [9.17, 15) is 4.79 Å². The third-order valence-electron chi connectivity index (χ3n) is 2.42. The highest BCUT2D eigenvalue weighted by Gasteiger charge is 2.15. The van der Waals surface area contributed by atoms with E-state index in [-0.39, 0.29) is 11.9 Å². The number of rotatable bonds is 10. The number of hydrogen-bond donors (Lipinski definition) is 2. The highest BCUT2D eigenvalue weighted by Crippen LogP contribution is 2.01. The van der Waals surface area contributed by atoms with Gasteiger partial charge in [0.25, 0.3) is 0 Å². The molecule has 0 aliphatic rings. The molecule has 0 radical (unpaired) electrons. The summed E-state index contributed by atoms with van der Waals surface area (Å²) >= 11 is 0. The van der Waals surface area contributed by atoms with E-state index in [0.29, 0.717) is 38.8 Å². The fraction of sp³-hybridized carbons (Fsp3) is 0.917. The molecule has 0 aromatic heterocycles. The van der Waals surface area contributed by atoms with Crippen molar-refractivity contribution in [2.24, 2.45) is 5.92 Å². The molecule has 0 saturated carbocycles. The van der Waals surface area contributed by atoms with Crippen LogP contribution in [0.15, 0.2) is 0 Å². The van der Waals surface area contributed by atoms with Gasteiger partial charge in [0.15, 0.2) is 0 Å². The first-order valence-corrected chi connectivity index (χ1v) is 6.18. The summed E-state index contributed by atoms with van der Waals surface area (Å²) in [6, 6.07) is 0.0756. The van der Waals surface area contributed by atoms with Gasteiger partial charge < -0.3 is 20.1 Å². The first-order chi connectivity index (χ1) is 8.11. The SMILES string of the molecule is CCOCC(NC(=O)CNCCOC)C(C)C. The molecule has 0 aromatic carbocycles. The van der Waals surface area contributed by atoms with Crippen molar-refractivity contribution in [2.45, 2.75) is 26.8 Å². The number of hydrogen-bond acceptors (Lipinski definition) is 4. The van der Waals surface area contributed by atoms with Gasteiger partial charge in [0.2, 0.25) is 5.91 Å². The Morgan fingerprint density at radius 1 is 1.35 bits per heavy atom. The summed E-state index contributed by atoms with van der Waals surface area (Å²) in [5.41, 5.74) is 0. The molecule has 1 atom stereocenters. The monoisotopic (exact) mass is 246 g/mol. The third kappa shape index (κ3) is 9.09. The molecule has 17 heavy (non-hydrogen) atoms. The van der Waals surface area contributed by atoms with Gasteiger partial charge in [-0.1, -0.05) is 13.8 Å². The standard InChI is InChI=1S/C12H26N2O3/c1-5-17-9-11(10(2)3)14-12(15)8-13-6-7-16-4/h10-11,13H,5-9H2,1-4H3,(H,14,15). The van der Waals surface area contributed by atoms with Crippen LogP contribution < -0.4 is 10.6 Å². The van der Waals surface area contributed by atoms with Gasteiger partial charge in [-0.05, 0) is 12.8 Å². The molecule has 0 heterocycles. The maximum atomic E-state index is 11.6. The van der Waals surface area contributed by atoms with Gasteiger partial charge in [-0.3, -0.25) is 4.79 Å². The van der Waals surface area contributed by atoms with Crippen LogP contribution in [0, 0.1) is 5.92 Å². The first kappa shape index (κ1) is 16.4. The topological polar surface area (TPSA) is 59.6 Å². The maximum Gasteiger partial charge on any atom is 0.234 e. The van der Waals surface area contributed by atoms with Crippen LogP contribution in [0.1, 0.15) is 20.8 Å². The Hall–Kier alpha value is -0.650. The van der Waals surface area contributed by atoms with Crippen LogP contribution in [-0.2, 0) is 14.3 Å². The minimum atomic E-state index is -0.000457. The van der Waals surface area contributed by atoms with Crippen LogP contribution in [-0.4, -0.2) is 52.0 Å². The van der Waals surface area contributed by atoms with E-state index in [1.54, 1.807) is 7.11 Å². The molecule has 5 nitrogen and oxygen atoms in total. The lowest BCUT2D eigenvalue weighted by atomic mass is 10.1. The van der Waals surface area contributed by atoms with Crippen molar-refractivity contribution < 1.29 is 14.3 Å². The van der Waals surface area contributed by atoms with Gasteiger partial charge >= 0.3 is 0 Å². The fourth-order valence-corrected chi connectivity index (χ4v) is 1.28. The number of ether oxygens (including phenoxy) is 2. The molecule has 0 saturated heterocycles. The van der Waals surface area contributed by atoms with Crippen LogP contribution in [0.4, 0.5) is 0 Å². The lowest BCUT2D eigenvalue weighted by molar-refractivity contribution is -0.121. The van der Waals surface area contributed by atoms with E-state index in [1.165, 1.54) is 0 Å². The molecule has 2 N–H and O–H groups in total. The summed E-state index contributed by atoms with van der Waals surface area (Å²) in [7, 11) is 1.64. The minimum absolute atomic E-state index is 0.000457. The van der Waals surface area contributed by atoms with Crippen LogP contribution >= 0.6 is 0 Å². The second-order valence-electron chi connectivity index (χ2n) is 4.25. The zero-order chi connectivity index (χ0) is 13.1. The summed E-state index contributed by atoms with van der Waals surface area (Å²) in [5, 5.41) is 5.97. The predicted octanol–water partition coefficient (Wildman–Crippen LogP) is 0.400. The Bertz CT molecular complexity index is 198. The summed E-state index contributed by atoms with van der Waals surface area (Å²) in [4.78, 5) is 11.6. The van der Waals surface area contributed by atoms with Gasteiger partial charge in [0.1, 0.15) is 0 Å². The van der Waals surface area contributed by atoms with Gasteiger partial charge in [-0.25, -0.2) is 0 Å². The number of amides is 1. The second kappa shape index (κ2) is 10.5. The van der Waals surface area contributed by atoms with Gasteiger partial charge in [0, 0.05) is 20.3 Å². The van der Waals surface area contributed by atoms with Crippen molar-refractivity contribution in [3.8, 4) is 0 Å². The first-order valence-electron chi connectivity index (χ1n) is 6.18. The number of methoxy groups -OCH3 is 1. The zero-order valence-electron chi connectivity index (χ0n) is 11.4. The summed E-state index contributed by atoms with van der Waals surface area (Å²) in [6.07, 6.45) is 0. The van der Waals surface area contributed by atoms with Gasteiger partial charge in [-0.2, -0.15) is 0 Å². The molecule has 102 valence electrons. The molecule has 0 spiro atoms. The van der Waals surface area contributed by atoms with E-state index in [2.05, 4.69) is 24.5 Å². The van der Waals surface area contributed by atoms with Crippen molar-refractivity contribution in [1.29, 1.82) is 0 Å². The highest BCUT2D eigenvalue weighted by molar-refractivity contribution is 5.78. The van der Waals surface area contributed by atoms with Crippen LogP contribution in [0.5, 0.6) is 0 Å². The molecule has 1 unspecified atom stereocenters. The van der Waals surface area contributed by atoms with Gasteiger partial charge in [-0.15, -0.1) is 0 Å². The Morgan fingerprint density at radius 2 is 2.06 bits per heavy atom. The second-order valence-corrected chi connectivity index (χ2v) is 4.25. The summed E-state index contributed by atoms with van der Waals surface area (Å²) < 4.78 is 10.2. The number of carbonyl (C=O) groups excluding carboxylic acids is 1. The average Bonchev–Trinajstić information content (AvgIpc) is 2.29. The van der Waals surface area contributed by atoms with Crippen molar-refractivity contribution in [1.82, 2.24) is 10.6 Å². The van der Waals surface area contributed by atoms with E-state index in [1.807, 2.05) is 6.92 Å². The zero-order valence-corrected chi connectivity index (χ0v) is 11.4. The molecular formula is C12H26N2O3. The van der Waals surface area contributed by atoms with E-state index in [0.717, 1.165) is 0 Å². The Balaban J connectivity index is 3.79. The minimum Gasteiger partial charge on any atom is -0.383 e. The van der Waals surface area contributed by atoms with Crippen molar-refractivity contribution in [2.75, 3.05) is 40.0 Å². The molecule has 0 fully saturated rings. The maximum absolute atomic E-state index is 11.6. The van der Waals surface area contributed by atoms with Crippen molar-refractivity contribution in [3.63, 3.8) is 0 Å². The highest BCUT2D eigenvalue weighted by atomic mass is 16.5. The van der Waals surface area contributed by atoms with E-state index < -0.39 is 0 Å². The normalized spacial score (nSPS) is 12.8. The molecule has 0 aliphatic heterocycles. The van der Waals surface area contributed by atoms with Gasteiger partial charge in [0.05, 0.1) is 25.8 Å². The smallest absolute Gasteiger partial charge is 0.234 e. The Labute approximate surface area is 104 Å². The van der Waals surface area contributed by atoms with Crippen LogP contribution in [0.25, 0.3) is 0 Å². The largest absolute Gasteiger partial charge is 0.383 e. The summed E-state index contributed by atoms with van der Waals surface area (Å²) in [6.45, 7) is 8.94. The molecule has 0 rings (SSSR count). The predicted molar refractivity (Wildman–Crippen MR) is 68.0 cm³/mol. The summed E-state index contributed by atoms with van der Waals surface area (Å²) in [5.74, 6) is 0.365. The quantitative estimate of drug-likeness (QED) is 0.548. The van der Waals surface area contributed by atoms with Crippen LogP contribution in [0.3, 0.4) is 0 Å². The van der Waals surface area contributed by atoms with Crippen molar-refractivity contribution in [3.05, 3.63) is 0 Å². The molecule has 0 bridgehead atoms. The molecule has 5 heteroatoms. The molecule has 1 amide bonds. The fourth-order valence-electron chi connectivity index (χ4n) is 1.28. The third-order valence-corrected chi connectivity index (χ3v) is 2.42. The van der Waals surface area contributed by atoms with Crippen molar-refractivity contribution >= 4 is 5.91 Å². The molecular weight excluding hydrogens is 220 g/mol. The number of nitrogens with one attached hydrogen (secondary N) is 2. The average molecular weight is 246 g/mol. The van der Waals surface area contributed by atoms with E-state index >= 15 is 0 Å².